The van der Waals surface area contributed by atoms with E-state index in [1.807, 2.05) is 22.7 Å². The molecule has 2 aromatic rings. The van der Waals surface area contributed by atoms with Gasteiger partial charge in [-0.1, -0.05) is 12.8 Å². The molecule has 2 aromatic heterocycles. The lowest BCUT2D eigenvalue weighted by Gasteiger charge is -2.31. The highest BCUT2D eigenvalue weighted by Crippen LogP contribution is 2.46. The van der Waals surface area contributed by atoms with Crippen LogP contribution >= 0.6 is 15.9 Å². The van der Waals surface area contributed by atoms with Gasteiger partial charge in [0.25, 0.3) is 0 Å². The molecule has 2 aliphatic rings. The SMILES string of the molecule is O=C(ON1[C@@H](c2cn3cc(Br)ccc3n2)C[C@H]2CCCC[C@H]21)C(F)(F)F. The van der Waals surface area contributed by atoms with E-state index in [0.717, 1.165) is 30.2 Å². The minimum Gasteiger partial charge on any atom is -0.360 e. The molecular weight excluding hydrogens is 415 g/mol. The van der Waals surface area contributed by atoms with Gasteiger partial charge in [-0.3, -0.25) is 0 Å². The number of imidazole rings is 1. The van der Waals surface area contributed by atoms with Crippen LogP contribution in [0.2, 0.25) is 0 Å². The van der Waals surface area contributed by atoms with Crippen molar-refractivity contribution in [1.29, 1.82) is 0 Å². The summed E-state index contributed by atoms with van der Waals surface area (Å²) >= 11 is 3.39. The third-order valence-corrected chi connectivity index (χ3v) is 5.69. The van der Waals surface area contributed by atoms with Crippen molar-refractivity contribution >= 4 is 27.5 Å². The summed E-state index contributed by atoms with van der Waals surface area (Å²) < 4.78 is 40.9. The molecule has 1 aliphatic heterocycles. The predicted octanol–water partition coefficient (Wildman–Crippen LogP) is 4.42. The van der Waals surface area contributed by atoms with Crippen molar-refractivity contribution in [3.63, 3.8) is 0 Å². The number of hydrogen-bond acceptors (Lipinski definition) is 4. The first kappa shape index (κ1) is 17.8. The third-order valence-electron chi connectivity index (χ3n) is 5.22. The van der Waals surface area contributed by atoms with Gasteiger partial charge in [-0.05, 0) is 53.2 Å². The van der Waals surface area contributed by atoms with E-state index in [2.05, 4.69) is 20.9 Å². The summed E-state index contributed by atoms with van der Waals surface area (Å²) in [4.78, 5) is 20.9. The largest absolute Gasteiger partial charge is 0.492 e. The fourth-order valence-corrected chi connectivity index (χ4v) is 4.45. The maximum absolute atomic E-state index is 12.7. The van der Waals surface area contributed by atoms with Crippen molar-refractivity contribution in [2.24, 2.45) is 5.92 Å². The highest BCUT2D eigenvalue weighted by Gasteiger charge is 2.50. The number of rotatable bonds is 2. The summed E-state index contributed by atoms with van der Waals surface area (Å²) in [6.45, 7) is 0. The molecule has 3 atom stereocenters. The quantitative estimate of drug-likeness (QED) is 0.705. The summed E-state index contributed by atoms with van der Waals surface area (Å²) in [5.74, 6) is -1.95. The molecule has 0 bridgehead atoms. The maximum Gasteiger partial charge on any atom is 0.492 e. The number of halogens is 4. The smallest absolute Gasteiger partial charge is 0.360 e. The highest BCUT2D eigenvalue weighted by molar-refractivity contribution is 9.10. The van der Waals surface area contributed by atoms with Gasteiger partial charge in [-0.2, -0.15) is 13.2 Å². The van der Waals surface area contributed by atoms with Crippen LogP contribution in [-0.4, -0.2) is 32.6 Å². The van der Waals surface area contributed by atoms with Gasteiger partial charge in [-0.25, -0.2) is 9.78 Å². The summed E-state index contributed by atoms with van der Waals surface area (Å²) in [6, 6.07) is 3.02. The van der Waals surface area contributed by atoms with Crippen LogP contribution in [0.1, 0.15) is 43.8 Å². The molecule has 140 valence electrons. The van der Waals surface area contributed by atoms with Crippen LogP contribution in [0.4, 0.5) is 13.2 Å². The van der Waals surface area contributed by atoms with Crippen LogP contribution in [-0.2, 0) is 9.63 Å². The van der Waals surface area contributed by atoms with E-state index in [1.54, 1.807) is 6.20 Å². The first-order chi connectivity index (χ1) is 12.3. The number of pyridine rings is 1. The number of aromatic nitrogens is 2. The molecule has 1 saturated heterocycles. The highest BCUT2D eigenvalue weighted by atomic mass is 79.9. The summed E-state index contributed by atoms with van der Waals surface area (Å²) in [5, 5.41) is 1.26. The second kappa shape index (κ2) is 6.53. The Morgan fingerprint density at radius 3 is 2.77 bits per heavy atom. The summed E-state index contributed by atoms with van der Waals surface area (Å²) in [7, 11) is 0. The van der Waals surface area contributed by atoms with Gasteiger partial charge < -0.3 is 9.24 Å². The Morgan fingerprint density at radius 2 is 2.00 bits per heavy atom. The molecule has 1 saturated carbocycles. The fraction of sp³-hybridized carbons (Fsp3) is 0.529. The Hall–Kier alpha value is -1.61. The van der Waals surface area contributed by atoms with Crippen molar-refractivity contribution in [1.82, 2.24) is 14.4 Å². The molecule has 4 rings (SSSR count). The predicted molar refractivity (Wildman–Crippen MR) is 90.0 cm³/mol. The number of fused-ring (bicyclic) bond motifs is 2. The second-order valence-corrected chi connectivity index (χ2v) is 7.79. The van der Waals surface area contributed by atoms with Crippen molar-refractivity contribution in [2.75, 3.05) is 0 Å². The standard InChI is InChI=1S/C17H17BrF3N3O2/c18-11-5-6-15-22-12(9-23(15)8-11)14-7-10-3-1-2-4-13(10)24(14)26-16(25)17(19,20)21/h5-6,8-10,13-14H,1-4,7H2/t10-,13-,14-/m1/s1. The topological polar surface area (TPSA) is 46.8 Å². The molecule has 5 nitrogen and oxygen atoms in total. The molecule has 0 N–H and O–H groups in total. The molecule has 0 unspecified atom stereocenters. The molecule has 26 heavy (non-hydrogen) atoms. The molecule has 0 amide bonds. The van der Waals surface area contributed by atoms with Gasteiger partial charge in [0.2, 0.25) is 0 Å². The van der Waals surface area contributed by atoms with E-state index in [4.69, 9.17) is 4.84 Å². The van der Waals surface area contributed by atoms with E-state index in [9.17, 15) is 18.0 Å². The molecule has 2 fully saturated rings. The van der Waals surface area contributed by atoms with Crippen LogP contribution in [0.3, 0.4) is 0 Å². The molecule has 3 heterocycles. The maximum atomic E-state index is 12.7. The van der Waals surface area contributed by atoms with Crippen LogP contribution in [0.5, 0.6) is 0 Å². The van der Waals surface area contributed by atoms with Crippen molar-refractivity contribution in [3.05, 3.63) is 34.7 Å². The zero-order valence-electron chi connectivity index (χ0n) is 13.7. The minimum atomic E-state index is -5.01. The fourth-order valence-electron chi connectivity index (χ4n) is 4.09. The first-order valence-corrected chi connectivity index (χ1v) is 9.34. The van der Waals surface area contributed by atoms with E-state index < -0.39 is 18.2 Å². The van der Waals surface area contributed by atoms with Gasteiger partial charge in [0.1, 0.15) is 5.65 Å². The van der Waals surface area contributed by atoms with E-state index in [1.165, 1.54) is 5.06 Å². The first-order valence-electron chi connectivity index (χ1n) is 8.54. The van der Waals surface area contributed by atoms with E-state index in [-0.39, 0.29) is 12.0 Å². The van der Waals surface area contributed by atoms with Crippen molar-refractivity contribution < 1.29 is 22.8 Å². The molecule has 1 aliphatic carbocycles. The molecular formula is C17H17BrF3N3O2. The molecule has 0 aromatic carbocycles. The van der Waals surface area contributed by atoms with E-state index >= 15 is 0 Å². The Morgan fingerprint density at radius 1 is 1.23 bits per heavy atom. The lowest BCUT2D eigenvalue weighted by Crippen LogP contribution is -2.41. The number of hydroxylamine groups is 2. The molecule has 9 heteroatoms. The van der Waals surface area contributed by atoms with Gasteiger partial charge >= 0.3 is 12.1 Å². The zero-order valence-corrected chi connectivity index (χ0v) is 15.3. The number of carbonyl (C=O) groups is 1. The van der Waals surface area contributed by atoms with E-state index in [0.29, 0.717) is 17.8 Å². The molecule has 0 radical (unpaired) electrons. The monoisotopic (exact) mass is 431 g/mol. The lowest BCUT2D eigenvalue weighted by molar-refractivity contribution is -0.251. The normalized spacial score (nSPS) is 26.8. The van der Waals surface area contributed by atoms with Crippen molar-refractivity contribution in [3.8, 4) is 0 Å². The number of hydrogen-bond donors (Lipinski definition) is 0. The van der Waals surface area contributed by atoms with Gasteiger partial charge in [-0.15, -0.1) is 5.06 Å². The summed E-state index contributed by atoms with van der Waals surface area (Å²) in [6.07, 6.45) is 2.88. The minimum absolute atomic E-state index is 0.184. The van der Waals surface area contributed by atoms with Crippen LogP contribution in [0.15, 0.2) is 29.0 Å². The second-order valence-electron chi connectivity index (χ2n) is 6.88. The average molecular weight is 432 g/mol. The summed E-state index contributed by atoms with van der Waals surface area (Å²) in [5.41, 5.74) is 1.31. The van der Waals surface area contributed by atoms with Gasteiger partial charge in [0, 0.05) is 22.9 Å². The molecule has 0 spiro atoms. The number of carbonyl (C=O) groups excluding carboxylic acids is 1. The Labute approximate surface area is 156 Å². The van der Waals surface area contributed by atoms with Gasteiger partial charge in [0.05, 0.1) is 11.7 Å². The lowest BCUT2D eigenvalue weighted by atomic mass is 9.85. The van der Waals surface area contributed by atoms with Gasteiger partial charge in [0.15, 0.2) is 0 Å². The van der Waals surface area contributed by atoms with Crippen LogP contribution in [0.25, 0.3) is 5.65 Å². The third kappa shape index (κ3) is 3.22. The van der Waals surface area contributed by atoms with Crippen molar-refractivity contribution in [2.45, 2.75) is 50.4 Å². The number of alkyl halides is 3. The average Bonchev–Trinajstić information content (AvgIpc) is 3.15. The number of nitrogens with zero attached hydrogens (tertiary/aromatic N) is 3. The Kier molecular flexibility index (Phi) is 4.46. The zero-order chi connectivity index (χ0) is 18.5. The Balaban J connectivity index is 1.67. The van der Waals surface area contributed by atoms with Crippen LogP contribution in [0, 0.1) is 5.92 Å². The Bertz CT molecular complexity index is 838. The van der Waals surface area contributed by atoms with Crippen LogP contribution < -0.4 is 0 Å².